The van der Waals surface area contributed by atoms with E-state index in [0.717, 1.165) is 61.8 Å². The first-order valence-corrected chi connectivity index (χ1v) is 18.1. The van der Waals surface area contributed by atoms with Crippen LogP contribution in [0.2, 0.25) is 0 Å². The van der Waals surface area contributed by atoms with Gasteiger partial charge < -0.3 is 4.74 Å². The van der Waals surface area contributed by atoms with Crippen molar-refractivity contribution in [2.75, 3.05) is 0 Å². The Hall–Kier alpha value is -7.04. The standard InChI is InChI=1S/C49H29N3O/c1-2-14-31-27-32(26-25-30(31)13-1)47-48(51-42-21-9-8-20-41(42)50-47)52-43-22-10-4-16-34(43)36-28-40-35(29-44(36)52)33-15-3-5-17-37(33)49(40)38-18-6-11-23-45(38)53-46-24-12-7-19-39(46)49/h1-29H. The molecular formula is C49H29N3O. The number of aromatic nitrogens is 3. The van der Waals surface area contributed by atoms with Crippen molar-refractivity contribution in [1.82, 2.24) is 14.5 Å². The van der Waals surface area contributed by atoms with Crippen molar-refractivity contribution in [2.45, 2.75) is 5.41 Å². The molecule has 1 spiro atoms. The lowest BCUT2D eigenvalue weighted by molar-refractivity contribution is 0.436. The van der Waals surface area contributed by atoms with E-state index in [0.29, 0.717) is 0 Å². The quantitative estimate of drug-likeness (QED) is 0.183. The minimum Gasteiger partial charge on any atom is -0.457 e. The summed E-state index contributed by atoms with van der Waals surface area (Å²) in [5.41, 5.74) is 12.5. The summed E-state index contributed by atoms with van der Waals surface area (Å²) >= 11 is 0. The Bertz CT molecular complexity index is 3130. The Kier molecular flexibility index (Phi) is 5.67. The molecule has 1 aliphatic carbocycles. The normalized spacial score (nSPS) is 13.6. The highest BCUT2D eigenvalue weighted by atomic mass is 16.5. The molecular weight excluding hydrogens is 647 g/mol. The van der Waals surface area contributed by atoms with Crippen LogP contribution >= 0.6 is 0 Å². The van der Waals surface area contributed by atoms with Crippen molar-refractivity contribution in [3.63, 3.8) is 0 Å². The second-order valence-electron chi connectivity index (χ2n) is 14.1. The van der Waals surface area contributed by atoms with E-state index in [1.54, 1.807) is 0 Å². The third-order valence-electron chi connectivity index (χ3n) is 11.4. The molecule has 0 bridgehead atoms. The van der Waals surface area contributed by atoms with Crippen LogP contribution < -0.4 is 4.74 Å². The fraction of sp³-hybridized carbons (Fsp3) is 0.0204. The number of ether oxygens (including phenoxy) is 1. The summed E-state index contributed by atoms with van der Waals surface area (Å²) < 4.78 is 8.95. The molecule has 0 fully saturated rings. The predicted octanol–water partition coefficient (Wildman–Crippen LogP) is 12.0. The highest BCUT2D eigenvalue weighted by molar-refractivity contribution is 6.12. The molecule has 10 aromatic rings. The van der Waals surface area contributed by atoms with Crippen LogP contribution in [0.15, 0.2) is 176 Å². The highest BCUT2D eigenvalue weighted by Gasteiger charge is 2.51. The number of para-hydroxylation sites is 5. The summed E-state index contributed by atoms with van der Waals surface area (Å²) in [7, 11) is 0. The van der Waals surface area contributed by atoms with Gasteiger partial charge in [-0.2, -0.15) is 0 Å². The van der Waals surface area contributed by atoms with Crippen LogP contribution in [0.5, 0.6) is 11.5 Å². The summed E-state index contributed by atoms with van der Waals surface area (Å²) in [6.07, 6.45) is 0. The lowest BCUT2D eigenvalue weighted by Crippen LogP contribution is -2.32. The van der Waals surface area contributed by atoms with Crippen molar-refractivity contribution < 1.29 is 4.74 Å². The Morgan fingerprint density at radius 3 is 1.89 bits per heavy atom. The molecule has 4 heteroatoms. The lowest BCUT2D eigenvalue weighted by Gasteiger charge is -2.39. The van der Waals surface area contributed by atoms with E-state index in [4.69, 9.17) is 14.7 Å². The fourth-order valence-electron chi connectivity index (χ4n) is 9.22. The molecule has 246 valence electrons. The Morgan fingerprint density at radius 2 is 1.08 bits per heavy atom. The molecule has 0 saturated heterocycles. The van der Waals surface area contributed by atoms with E-state index < -0.39 is 5.41 Å². The molecule has 8 aromatic carbocycles. The van der Waals surface area contributed by atoms with Gasteiger partial charge in [0, 0.05) is 27.5 Å². The van der Waals surface area contributed by atoms with Crippen molar-refractivity contribution >= 4 is 43.6 Å². The van der Waals surface area contributed by atoms with Crippen LogP contribution in [0.25, 0.3) is 71.8 Å². The number of hydrogen-bond donors (Lipinski definition) is 0. The van der Waals surface area contributed by atoms with Crippen LogP contribution in [0.4, 0.5) is 0 Å². The zero-order chi connectivity index (χ0) is 34.7. The van der Waals surface area contributed by atoms with Crippen molar-refractivity contribution in [3.05, 3.63) is 198 Å². The molecule has 2 aliphatic rings. The molecule has 0 radical (unpaired) electrons. The third kappa shape index (κ3) is 3.79. The monoisotopic (exact) mass is 675 g/mol. The van der Waals surface area contributed by atoms with E-state index >= 15 is 0 Å². The minimum absolute atomic E-state index is 0.548. The number of hydrogen-bond acceptors (Lipinski definition) is 3. The minimum atomic E-state index is -0.548. The van der Waals surface area contributed by atoms with E-state index in [1.165, 1.54) is 43.8 Å². The smallest absolute Gasteiger partial charge is 0.165 e. The zero-order valence-corrected chi connectivity index (χ0v) is 28.5. The molecule has 0 amide bonds. The Labute approximate surface area is 305 Å². The van der Waals surface area contributed by atoms with Gasteiger partial charge in [-0.3, -0.25) is 4.57 Å². The molecule has 2 aromatic heterocycles. The van der Waals surface area contributed by atoms with Gasteiger partial charge in [0.1, 0.15) is 17.2 Å². The largest absolute Gasteiger partial charge is 0.457 e. The van der Waals surface area contributed by atoms with Crippen LogP contribution in [0.1, 0.15) is 22.3 Å². The van der Waals surface area contributed by atoms with Crippen molar-refractivity contribution in [1.29, 1.82) is 0 Å². The van der Waals surface area contributed by atoms with Gasteiger partial charge in [0.05, 0.1) is 27.5 Å². The van der Waals surface area contributed by atoms with Crippen molar-refractivity contribution in [3.8, 4) is 39.7 Å². The van der Waals surface area contributed by atoms with Gasteiger partial charge in [0.2, 0.25) is 0 Å². The van der Waals surface area contributed by atoms with Gasteiger partial charge in [0.25, 0.3) is 0 Å². The third-order valence-corrected chi connectivity index (χ3v) is 11.4. The summed E-state index contributed by atoms with van der Waals surface area (Å²) in [4.78, 5) is 10.8. The number of benzene rings is 8. The second-order valence-corrected chi connectivity index (χ2v) is 14.1. The Morgan fingerprint density at radius 1 is 0.434 bits per heavy atom. The first-order valence-electron chi connectivity index (χ1n) is 18.1. The molecule has 12 rings (SSSR count). The number of rotatable bonds is 2. The van der Waals surface area contributed by atoms with E-state index in [1.807, 2.05) is 12.1 Å². The van der Waals surface area contributed by atoms with E-state index in [2.05, 4.69) is 168 Å². The average molecular weight is 676 g/mol. The topological polar surface area (TPSA) is 39.9 Å². The van der Waals surface area contributed by atoms with Gasteiger partial charge in [-0.1, -0.05) is 127 Å². The molecule has 0 N–H and O–H groups in total. The van der Waals surface area contributed by atoms with Gasteiger partial charge >= 0.3 is 0 Å². The van der Waals surface area contributed by atoms with E-state index in [9.17, 15) is 0 Å². The maximum absolute atomic E-state index is 6.61. The van der Waals surface area contributed by atoms with Crippen LogP contribution in [-0.2, 0) is 5.41 Å². The van der Waals surface area contributed by atoms with E-state index in [-0.39, 0.29) is 0 Å². The van der Waals surface area contributed by atoms with Gasteiger partial charge in [-0.15, -0.1) is 0 Å². The summed E-state index contributed by atoms with van der Waals surface area (Å²) in [5.74, 6) is 2.60. The van der Waals surface area contributed by atoms with Crippen LogP contribution in [-0.4, -0.2) is 14.5 Å². The Balaban J connectivity index is 1.22. The molecule has 0 unspecified atom stereocenters. The summed E-state index contributed by atoms with van der Waals surface area (Å²) in [6.45, 7) is 0. The zero-order valence-electron chi connectivity index (χ0n) is 28.5. The first kappa shape index (κ1) is 28.6. The highest BCUT2D eigenvalue weighted by Crippen LogP contribution is 2.62. The summed E-state index contributed by atoms with van der Waals surface area (Å²) in [5, 5.41) is 4.71. The summed E-state index contributed by atoms with van der Waals surface area (Å²) in [6, 6.07) is 62.8. The number of fused-ring (bicyclic) bond motifs is 14. The molecule has 4 nitrogen and oxygen atoms in total. The maximum Gasteiger partial charge on any atom is 0.165 e. The molecule has 0 saturated carbocycles. The lowest BCUT2D eigenvalue weighted by atomic mass is 9.66. The second kappa shape index (κ2) is 10.5. The number of nitrogens with zero attached hydrogens (tertiary/aromatic N) is 3. The van der Waals surface area contributed by atoms with Crippen LogP contribution in [0.3, 0.4) is 0 Å². The van der Waals surface area contributed by atoms with Gasteiger partial charge in [-0.25, -0.2) is 9.97 Å². The van der Waals surface area contributed by atoms with Gasteiger partial charge in [0.15, 0.2) is 5.82 Å². The fourth-order valence-corrected chi connectivity index (χ4v) is 9.22. The molecule has 0 atom stereocenters. The van der Waals surface area contributed by atoms with Crippen molar-refractivity contribution in [2.24, 2.45) is 0 Å². The average Bonchev–Trinajstić information content (AvgIpc) is 3.69. The first-order chi connectivity index (χ1) is 26.3. The molecule has 53 heavy (non-hydrogen) atoms. The molecule has 3 heterocycles. The molecule has 1 aliphatic heterocycles. The van der Waals surface area contributed by atoms with Gasteiger partial charge in [-0.05, 0) is 81.6 Å². The van der Waals surface area contributed by atoms with Crippen LogP contribution in [0, 0.1) is 0 Å². The predicted molar refractivity (Wildman–Crippen MR) is 214 cm³/mol. The SMILES string of the molecule is c1ccc2c(c1)Oc1ccccc1C21c2ccccc2-c2cc3c(cc21)c1ccccc1n3-c1nc2ccccc2nc1-c1ccc2ccccc2c1. The maximum atomic E-state index is 6.61.